The van der Waals surface area contributed by atoms with Crippen LogP contribution in [0.5, 0.6) is 0 Å². The molecule has 0 amide bonds. The van der Waals surface area contributed by atoms with Gasteiger partial charge in [-0.3, -0.25) is 9.78 Å². The van der Waals surface area contributed by atoms with Gasteiger partial charge in [0.05, 0.1) is 0 Å². The van der Waals surface area contributed by atoms with E-state index in [4.69, 9.17) is 5.73 Å². The van der Waals surface area contributed by atoms with Crippen molar-refractivity contribution >= 4 is 17.5 Å². The molecule has 0 aliphatic carbocycles. The molecule has 0 aliphatic rings. The van der Waals surface area contributed by atoms with Crippen LogP contribution in [0.1, 0.15) is 15.9 Å². The van der Waals surface area contributed by atoms with E-state index in [1.54, 1.807) is 36.7 Å². The van der Waals surface area contributed by atoms with Crippen LogP contribution in [0.4, 0.5) is 5.69 Å². The Balaban J connectivity index is 2.14. The number of hydrogen-bond acceptors (Lipinski definition) is 3. The maximum absolute atomic E-state index is 11.7. The van der Waals surface area contributed by atoms with Gasteiger partial charge in [0, 0.05) is 23.6 Å². The van der Waals surface area contributed by atoms with Gasteiger partial charge < -0.3 is 5.73 Å². The minimum atomic E-state index is -0.0690. The fourth-order valence-electron chi connectivity index (χ4n) is 1.44. The van der Waals surface area contributed by atoms with Crippen LogP contribution in [0.2, 0.25) is 0 Å². The quantitative estimate of drug-likeness (QED) is 0.495. The number of carbonyl (C=O) groups is 1. The van der Waals surface area contributed by atoms with Crippen molar-refractivity contribution in [3.05, 3.63) is 66.0 Å². The molecule has 1 aromatic heterocycles. The average molecular weight is 224 g/mol. The number of aromatic nitrogens is 1. The van der Waals surface area contributed by atoms with Crippen LogP contribution in [0.15, 0.2) is 54.9 Å². The normalized spacial score (nSPS) is 10.6. The standard InChI is InChI=1S/C14H12N2O/c15-13-5-1-3-11(9-13)6-7-14(17)12-4-2-8-16-10-12/h1-10H,15H2/b7-6+. The van der Waals surface area contributed by atoms with Gasteiger partial charge in [-0.2, -0.15) is 0 Å². The lowest BCUT2D eigenvalue weighted by Crippen LogP contribution is -1.94. The van der Waals surface area contributed by atoms with Crippen LogP contribution in [0, 0.1) is 0 Å². The zero-order chi connectivity index (χ0) is 12.1. The van der Waals surface area contributed by atoms with Crippen LogP contribution in [0.25, 0.3) is 6.08 Å². The highest BCUT2D eigenvalue weighted by molar-refractivity contribution is 6.06. The Morgan fingerprint density at radius 2 is 2.12 bits per heavy atom. The summed E-state index contributed by atoms with van der Waals surface area (Å²) in [6, 6.07) is 10.8. The third-order valence-corrected chi connectivity index (χ3v) is 2.28. The average Bonchev–Trinajstić information content (AvgIpc) is 2.37. The molecule has 1 heterocycles. The van der Waals surface area contributed by atoms with Crippen LogP contribution in [-0.4, -0.2) is 10.8 Å². The van der Waals surface area contributed by atoms with E-state index in [9.17, 15) is 4.79 Å². The Labute approximate surface area is 99.6 Å². The van der Waals surface area contributed by atoms with Crippen LogP contribution < -0.4 is 5.73 Å². The van der Waals surface area contributed by atoms with Gasteiger partial charge in [-0.05, 0) is 35.9 Å². The molecule has 0 saturated heterocycles. The topological polar surface area (TPSA) is 56.0 Å². The van der Waals surface area contributed by atoms with E-state index in [2.05, 4.69) is 4.98 Å². The van der Waals surface area contributed by atoms with E-state index in [-0.39, 0.29) is 5.78 Å². The van der Waals surface area contributed by atoms with Crippen molar-refractivity contribution in [3.63, 3.8) is 0 Å². The minimum absolute atomic E-state index is 0.0690. The summed E-state index contributed by atoms with van der Waals surface area (Å²) in [7, 11) is 0. The van der Waals surface area contributed by atoms with E-state index < -0.39 is 0 Å². The van der Waals surface area contributed by atoms with Crippen molar-refractivity contribution in [2.45, 2.75) is 0 Å². The van der Waals surface area contributed by atoms with Crippen molar-refractivity contribution < 1.29 is 4.79 Å². The fraction of sp³-hybridized carbons (Fsp3) is 0. The zero-order valence-corrected chi connectivity index (χ0v) is 9.21. The molecule has 17 heavy (non-hydrogen) atoms. The molecular formula is C14H12N2O. The maximum atomic E-state index is 11.7. The lowest BCUT2D eigenvalue weighted by Gasteiger charge is -1.96. The van der Waals surface area contributed by atoms with Crippen LogP contribution in [-0.2, 0) is 0 Å². The Bertz CT molecular complexity index is 547. The summed E-state index contributed by atoms with van der Waals surface area (Å²) >= 11 is 0. The monoisotopic (exact) mass is 224 g/mol. The molecule has 2 rings (SSSR count). The number of ketones is 1. The summed E-state index contributed by atoms with van der Waals surface area (Å²) in [6.07, 6.45) is 6.45. The van der Waals surface area contributed by atoms with Gasteiger partial charge in [-0.1, -0.05) is 18.2 Å². The lowest BCUT2D eigenvalue weighted by molar-refractivity contribution is 0.104. The molecule has 84 valence electrons. The first-order valence-corrected chi connectivity index (χ1v) is 5.24. The number of carbonyl (C=O) groups excluding carboxylic acids is 1. The van der Waals surface area contributed by atoms with Gasteiger partial charge in [0.2, 0.25) is 0 Å². The molecule has 0 unspecified atom stereocenters. The number of nitrogens with two attached hydrogens (primary N) is 1. The predicted molar refractivity (Wildman–Crippen MR) is 68.5 cm³/mol. The van der Waals surface area contributed by atoms with Gasteiger partial charge in [-0.25, -0.2) is 0 Å². The highest BCUT2D eigenvalue weighted by Gasteiger charge is 1.99. The molecule has 0 fully saturated rings. The van der Waals surface area contributed by atoms with E-state index in [1.807, 2.05) is 18.2 Å². The Morgan fingerprint density at radius 1 is 1.24 bits per heavy atom. The summed E-state index contributed by atoms with van der Waals surface area (Å²) in [4.78, 5) is 15.6. The summed E-state index contributed by atoms with van der Waals surface area (Å²) in [5, 5.41) is 0. The third-order valence-electron chi connectivity index (χ3n) is 2.28. The smallest absolute Gasteiger partial charge is 0.187 e. The van der Waals surface area contributed by atoms with Gasteiger partial charge in [0.15, 0.2) is 5.78 Å². The van der Waals surface area contributed by atoms with Crippen molar-refractivity contribution in [1.29, 1.82) is 0 Å². The SMILES string of the molecule is Nc1cccc(/C=C/C(=O)c2cccnc2)c1. The van der Waals surface area contributed by atoms with E-state index in [0.717, 1.165) is 5.56 Å². The number of rotatable bonds is 3. The second-order valence-corrected chi connectivity index (χ2v) is 3.61. The molecule has 3 nitrogen and oxygen atoms in total. The lowest BCUT2D eigenvalue weighted by atomic mass is 10.1. The molecule has 2 aromatic rings. The summed E-state index contributed by atoms with van der Waals surface area (Å²) in [5.41, 5.74) is 7.81. The number of anilines is 1. The molecule has 0 aliphatic heterocycles. The van der Waals surface area contributed by atoms with Gasteiger partial charge >= 0.3 is 0 Å². The molecule has 0 radical (unpaired) electrons. The highest BCUT2D eigenvalue weighted by atomic mass is 16.1. The highest BCUT2D eigenvalue weighted by Crippen LogP contribution is 2.09. The van der Waals surface area contributed by atoms with Crippen molar-refractivity contribution in [2.24, 2.45) is 0 Å². The number of hydrogen-bond donors (Lipinski definition) is 1. The summed E-state index contributed by atoms with van der Waals surface area (Å²) in [5.74, 6) is -0.0690. The number of nitrogens with zero attached hydrogens (tertiary/aromatic N) is 1. The predicted octanol–water partition coefficient (Wildman–Crippen LogP) is 2.56. The zero-order valence-electron chi connectivity index (χ0n) is 9.21. The van der Waals surface area contributed by atoms with Crippen LogP contribution >= 0.6 is 0 Å². The number of benzene rings is 1. The summed E-state index contributed by atoms with van der Waals surface area (Å²) in [6.45, 7) is 0. The first kappa shape index (κ1) is 11.1. The molecule has 0 bridgehead atoms. The molecule has 0 spiro atoms. The molecule has 3 heteroatoms. The van der Waals surface area contributed by atoms with Gasteiger partial charge in [-0.15, -0.1) is 0 Å². The largest absolute Gasteiger partial charge is 0.399 e. The van der Waals surface area contributed by atoms with E-state index in [0.29, 0.717) is 11.3 Å². The number of pyridine rings is 1. The molecule has 0 saturated carbocycles. The Hall–Kier alpha value is -2.42. The minimum Gasteiger partial charge on any atom is -0.399 e. The van der Waals surface area contributed by atoms with Crippen molar-refractivity contribution in [3.8, 4) is 0 Å². The maximum Gasteiger partial charge on any atom is 0.187 e. The number of nitrogen functional groups attached to an aromatic ring is 1. The van der Waals surface area contributed by atoms with E-state index in [1.165, 1.54) is 6.08 Å². The number of allylic oxidation sites excluding steroid dienone is 1. The second kappa shape index (κ2) is 5.07. The van der Waals surface area contributed by atoms with Crippen LogP contribution in [0.3, 0.4) is 0 Å². The first-order valence-electron chi connectivity index (χ1n) is 5.24. The molecular weight excluding hydrogens is 212 g/mol. The second-order valence-electron chi connectivity index (χ2n) is 3.61. The van der Waals surface area contributed by atoms with Gasteiger partial charge in [0.1, 0.15) is 0 Å². The fourth-order valence-corrected chi connectivity index (χ4v) is 1.44. The molecule has 1 aromatic carbocycles. The van der Waals surface area contributed by atoms with Crippen molar-refractivity contribution in [1.82, 2.24) is 4.98 Å². The van der Waals surface area contributed by atoms with E-state index >= 15 is 0 Å². The van der Waals surface area contributed by atoms with Gasteiger partial charge in [0.25, 0.3) is 0 Å². The molecule has 0 atom stereocenters. The third kappa shape index (κ3) is 3.01. The Morgan fingerprint density at radius 3 is 2.82 bits per heavy atom. The van der Waals surface area contributed by atoms with Crippen molar-refractivity contribution in [2.75, 3.05) is 5.73 Å². The first-order chi connectivity index (χ1) is 8.25. The molecule has 2 N–H and O–H groups in total. The summed E-state index contributed by atoms with van der Waals surface area (Å²) < 4.78 is 0. The Kier molecular flexibility index (Phi) is 3.31.